The van der Waals surface area contributed by atoms with Crippen molar-refractivity contribution in [1.82, 2.24) is 19.9 Å². The molecule has 0 bridgehead atoms. The lowest BCUT2D eigenvalue weighted by molar-refractivity contribution is 0.399. The maximum atomic E-state index is 14.4. The van der Waals surface area contributed by atoms with E-state index in [9.17, 15) is 4.39 Å². The highest BCUT2D eigenvalue weighted by molar-refractivity contribution is 6.29. The van der Waals surface area contributed by atoms with Gasteiger partial charge in [0.15, 0.2) is 5.65 Å². The lowest BCUT2D eigenvalue weighted by atomic mass is 9.97. The third-order valence-electron chi connectivity index (χ3n) is 5.97. The number of anilines is 1. The largest absolute Gasteiger partial charge is 0.480 e. The van der Waals surface area contributed by atoms with Crippen LogP contribution in [0.4, 0.5) is 10.1 Å². The average molecular weight is 467 g/mol. The van der Waals surface area contributed by atoms with Crippen LogP contribution in [0.25, 0.3) is 33.7 Å². The molecule has 4 aromatic rings. The highest BCUT2D eigenvalue weighted by atomic mass is 35.5. The Balaban J connectivity index is 1.78. The van der Waals surface area contributed by atoms with Gasteiger partial charge in [0.25, 0.3) is 0 Å². The van der Waals surface area contributed by atoms with Gasteiger partial charge in [-0.25, -0.2) is 19.3 Å². The number of aromatic amines is 1. The average Bonchev–Trinajstić information content (AvgIpc) is 3.20. The standard InChI is InChI=1S/C24H24ClFN6O/c1-13-9-14(11-15(26)10-13)17-12-28-24(33-2)20(21(17)32-7-5-16(27)6-8-32)23-29-18-3-4-19(25)30-22(18)31-23/h3-4,9-12,16H,5-8,27H2,1-2H3,(H,29,30,31). The number of benzene rings is 1. The van der Waals surface area contributed by atoms with Crippen LogP contribution in [0.5, 0.6) is 5.88 Å². The molecule has 0 unspecified atom stereocenters. The second-order valence-corrected chi connectivity index (χ2v) is 8.72. The smallest absolute Gasteiger partial charge is 0.226 e. The summed E-state index contributed by atoms with van der Waals surface area (Å²) in [4.78, 5) is 19.2. The van der Waals surface area contributed by atoms with Crippen molar-refractivity contribution in [2.75, 3.05) is 25.1 Å². The molecule has 9 heteroatoms. The molecule has 0 amide bonds. The van der Waals surface area contributed by atoms with Crippen molar-refractivity contribution in [3.8, 4) is 28.4 Å². The molecule has 0 radical (unpaired) electrons. The number of hydrogen-bond acceptors (Lipinski definition) is 6. The maximum Gasteiger partial charge on any atom is 0.226 e. The summed E-state index contributed by atoms with van der Waals surface area (Å²) in [7, 11) is 1.57. The fraction of sp³-hybridized carbons (Fsp3) is 0.292. The van der Waals surface area contributed by atoms with Crippen molar-refractivity contribution in [2.24, 2.45) is 5.73 Å². The highest BCUT2D eigenvalue weighted by Gasteiger charge is 2.28. The molecule has 4 heterocycles. The Morgan fingerprint density at radius 1 is 1.18 bits per heavy atom. The predicted molar refractivity (Wildman–Crippen MR) is 128 cm³/mol. The van der Waals surface area contributed by atoms with E-state index < -0.39 is 0 Å². The molecule has 1 aliphatic heterocycles. The Kier molecular flexibility index (Phi) is 5.64. The molecule has 170 valence electrons. The van der Waals surface area contributed by atoms with E-state index in [-0.39, 0.29) is 11.9 Å². The Hall–Kier alpha value is -3.23. The van der Waals surface area contributed by atoms with Gasteiger partial charge in [0, 0.05) is 30.9 Å². The van der Waals surface area contributed by atoms with Crippen molar-refractivity contribution in [3.05, 3.63) is 53.1 Å². The van der Waals surface area contributed by atoms with Gasteiger partial charge in [0.2, 0.25) is 5.88 Å². The molecule has 1 saturated heterocycles. The minimum atomic E-state index is -0.295. The van der Waals surface area contributed by atoms with Crippen molar-refractivity contribution in [1.29, 1.82) is 0 Å². The molecular weight excluding hydrogens is 443 g/mol. The zero-order valence-electron chi connectivity index (χ0n) is 18.4. The van der Waals surface area contributed by atoms with Gasteiger partial charge in [-0.1, -0.05) is 17.7 Å². The summed E-state index contributed by atoms with van der Waals surface area (Å²) in [6, 6.07) is 8.69. The molecule has 0 aliphatic carbocycles. The number of nitrogens with zero attached hydrogens (tertiary/aromatic N) is 4. The molecule has 5 rings (SSSR count). The lowest BCUT2D eigenvalue weighted by Crippen LogP contribution is -2.40. The predicted octanol–water partition coefficient (Wildman–Crippen LogP) is 4.72. The van der Waals surface area contributed by atoms with Gasteiger partial charge in [0.1, 0.15) is 22.4 Å². The quantitative estimate of drug-likeness (QED) is 0.422. The van der Waals surface area contributed by atoms with E-state index in [2.05, 4.69) is 19.9 Å². The molecule has 0 spiro atoms. The number of methoxy groups -OCH3 is 1. The van der Waals surface area contributed by atoms with Crippen LogP contribution in [-0.4, -0.2) is 46.2 Å². The molecule has 7 nitrogen and oxygen atoms in total. The number of fused-ring (bicyclic) bond motifs is 1. The Morgan fingerprint density at radius 2 is 1.97 bits per heavy atom. The maximum absolute atomic E-state index is 14.4. The molecule has 1 aliphatic rings. The van der Waals surface area contributed by atoms with Crippen molar-refractivity contribution >= 4 is 28.5 Å². The number of aryl methyl sites for hydroxylation is 1. The number of nitrogens with one attached hydrogen (secondary N) is 1. The number of rotatable bonds is 4. The molecule has 1 fully saturated rings. The number of aromatic nitrogens is 4. The number of nitrogens with two attached hydrogens (primary N) is 1. The zero-order chi connectivity index (χ0) is 23.1. The zero-order valence-corrected chi connectivity index (χ0v) is 19.2. The summed E-state index contributed by atoms with van der Waals surface area (Å²) < 4.78 is 20.0. The Morgan fingerprint density at radius 3 is 2.70 bits per heavy atom. The van der Waals surface area contributed by atoms with Gasteiger partial charge >= 0.3 is 0 Å². The summed E-state index contributed by atoms with van der Waals surface area (Å²) in [5, 5.41) is 0.361. The lowest BCUT2D eigenvalue weighted by Gasteiger charge is -2.34. The van der Waals surface area contributed by atoms with Gasteiger partial charge in [0.05, 0.1) is 18.3 Å². The first kappa shape index (κ1) is 21.6. The normalized spacial score (nSPS) is 14.8. The van der Waals surface area contributed by atoms with Crippen LogP contribution in [0.15, 0.2) is 36.5 Å². The van der Waals surface area contributed by atoms with E-state index in [4.69, 9.17) is 27.1 Å². The van der Waals surface area contributed by atoms with Crippen molar-refractivity contribution < 1.29 is 9.13 Å². The Bertz CT molecular complexity index is 1310. The van der Waals surface area contributed by atoms with Gasteiger partial charge in [-0.05, 0) is 55.2 Å². The van der Waals surface area contributed by atoms with E-state index in [1.807, 2.05) is 19.1 Å². The van der Waals surface area contributed by atoms with Crippen molar-refractivity contribution in [2.45, 2.75) is 25.8 Å². The molecule has 3 aromatic heterocycles. The second kappa shape index (κ2) is 8.61. The van der Waals surface area contributed by atoms with Gasteiger partial charge < -0.3 is 20.4 Å². The molecule has 0 atom stereocenters. The number of ether oxygens (including phenoxy) is 1. The minimum absolute atomic E-state index is 0.158. The van der Waals surface area contributed by atoms with Crippen LogP contribution in [-0.2, 0) is 0 Å². The summed E-state index contributed by atoms with van der Waals surface area (Å²) >= 11 is 6.08. The first-order chi connectivity index (χ1) is 15.9. The van der Waals surface area contributed by atoms with Gasteiger partial charge in [-0.15, -0.1) is 0 Å². The number of imidazole rings is 1. The fourth-order valence-corrected chi connectivity index (χ4v) is 4.54. The molecule has 3 N–H and O–H groups in total. The van der Waals surface area contributed by atoms with Crippen LogP contribution in [0.2, 0.25) is 5.15 Å². The second-order valence-electron chi connectivity index (χ2n) is 8.34. The Labute approximate surface area is 195 Å². The van der Waals surface area contributed by atoms with Crippen LogP contribution < -0.4 is 15.4 Å². The molecule has 1 aromatic carbocycles. The van der Waals surface area contributed by atoms with Gasteiger partial charge in [-0.3, -0.25) is 0 Å². The first-order valence-corrected chi connectivity index (χ1v) is 11.2. The highest BCUT2D eigenvalue weighted by Crippen LogP contribution is 2.44. The summed E-state index contributed by atoms with van der Waals surface area (Å²) in [6.45, 7) is 3.39. The van der Waals surface area contributed by atoms with E-state index >= 15 is 0 Å². The third kappa shape index (κ3) is 4.12. The first-order valence-electron chi connectivity index (χ1n) is 10.8. The van der Waals surface area contributed by atoms with E-state index in [1.54, 1.807) is 19.4 Å². The number of piperidine rings is 1. The van der Waals surface area contributed by atoms with E-state index in [0.29, 0.717) is 28.1 Å². The summed E-state index contributed by atoms with van der Waals surface area (Å²) in [5.41, 5.74) is 11.4. The minimum Gasteiger partial charge on any atom is -0.480 e. The number of halogens is 2. The molecule has 0 saturated carbocycles. The number of pyridine rings is 2. The third-order valence-corrected chi connectivity index (χ3v) is 6.18. The van der Waals surface area contributed by atoms with Gasteiger partial charge in [-0.2, -0.15) is 0 Å². The topological polar surface area (TPSA) is 92.9 Å². The summed E-state index contributed by atoms with van der Waals surface area (Å²) in [6.07, 6.45) is 3.43. The molecular formula is C24H24ClFN6O. The number of H-pyrrole nitrogens is 1. The van der Waals surface area contributed by atoms with Crippen LogP contribution in [0, 0.1) is 12.7 Å². The van der Waals surface area contributed by atoms with Crippen LogP contribution in [0.1, 0.15) is 18.4 Å². The van der Waals surface area contributed by atoms with Crippen LogP contribution in [0.3, 0.4) is 0 Å². The van der Waals surface area contributed by atoms with E-state index in [1.165, 1.54) is 12.1 Å². The van der Waals surface area contributed by atoms with Crippen molar-refractivity contribution in [3.63, 3.8) is 0 Å². The summed E-state index contributed by atoms with van der Waals surface area (Å²) in [5.74, 6) is 0.683. The molecule has 33 heavy (non-hydrogen) atoms. The SMILES string of the molecule is COc1ncc(-c2cc(C)cc(F)c2)c(N2CCC(N)CC2)c1-c1nc2nc(Cl)ccc2[nH]1. The van der Waals surface area contributed by atoms with Crippen LogP contribution >= 0.6 is 11.6 Å². The number of hydrogen-bond donors (Lipinski definition) is 2. The fourth-order valence-electron chi connectivity index (χ4n) is 4.40. The monoisotopic (exact) mass is 466 g/mol. The van der Waals surface area contributed by atoms with E-state index in [0.717, 1.165) is 53.8 Å².